The van der Waals surface area contributed by atoms with Gasteiger partial charge in [0.05, 0.1) is 12.0 Å². The minimum atomic E-state index is -1.19. The van der Waals surface area contributed by atoms with Crippen molar-refractivity contribution in [1.82, 2.24) is 0 Å². The fourth-order valence-electron chi connectivity index (χ4n) is 4.19. The summed E-state index contributed by atoms with van der Waals surface area (Å²) in [5.41, 5.74) is 8.14. The molecule has 1 aliphatic heterocycles. The van der Waals surface area contributed by atoms with Gasteiger partial charge in [0.2, 0.25) is 0 Å². The lowest BCUT2D eigenvalue weighted by Crippen LogP contribution is -2.45. The summed E-state index contributed by atoms with van der Waals surface area (Å²) < 4.78 is 6.22. The number of carbonyl (C=O) groups is 1. The first-order chi connectivity index (χ1) is 14.6. The Labute approximate surface area is 177 Å². The molecule has 0 saturated heterocycles. The third-order valence-electron chi connectivity index (χ3n) is 5.84. The first-order valence-electron chi connectivity index (χ1n) is 10.4. The van der Waals surface area contributed by atoms with E-state index in [1.807, 2.05) is 60.7 Å². The molecule has 3 N–H and O–H groups in total. The lowest BCUT2D eigenvalue weighted by Gasteiger charge is -2.31. The number of ether oxygens (including phenoxy) is 1. The first-order valence-corrected chi connectivity index (χ1v) is 10.4. The standard InChI is InChI=1S/C26H27NO3/c27-26(20-13-5-2-6-14-20)18-22(25(29)21-15-7-8-17-24(21)30-26)23(28)16-9-12-19-10-3-1-4-11-19/h1-8,10-11,13-15,17,22,25,29H,9,12,16,18,27H2. The van der Waals surface area contributed by atoms with Crippen LogP contribution in [-0.4, -0.2) is 10.9 Å². The van der Waals surface area contributed by atoms with Crippen LogP contribution >= 0.6 is 0 Å². The minimum Gasteiger partial charge on any atom is -0.468 e. The number of aliphatic hydroxyl groups is 1. The number of hydrogen-bond acceptors (Lipinski definition) is 4. The molecule has 3 unspecified atom stereocenters. The van der Waals surface area contributed by atoms with Crippen molar-refractivity contribution in [2.45, 2.75) is 37.5 Å². The highest BCUT2D eigenvalue weighted by atomic mass is 16.5. The summed E-state index contributed by atoms with van der Waals surface area (Å²) >= 11 is 0. The zero-order chi connectivity index (χ0) is 21.0. The molecule has 154 valence electrons. The summed E-state index contributed by atoms with van der Waals surface area (Å²) in [5, 5.41) is 11.1. The Morgan fingerprint density at radius 3 is 2.33 bits per heavy atom. The summed E-state index contributed by atoms with van der Waals surface area (Å²) in [5.74, 6) is -0.0879. The molecule has 0 bridgehead atoms. The normalized spacial score (nSPS) is 23.1. The van der Waals surface area contributed by atoms with Crippen LogP contribution in [0.25, 0.3) is 0 Å². The van der Waals surface area contributed by atoms with Crippen LogP contribution in [0, 0.1) is 5.92 Å². The van der Waals surface area contributed by atoms with Crippen molar-refractivity contribution in [3.63, 3.8) is 0 Å². The van der Waals surface area contributed by atoms with Gasteiger partial charge < -0.3 is 9.84 Å². The van der Waals surface area contributed by atoms with Gasteiger partial charge in [-0.25, -0.2) is 0 Å². The number of hydrogen-bond donors (Lipinski definition) is 2. The number of nitrogens with two attached hydrogens (primary N) is 1. The van der Waals surface area contributed by atoms with Gasteiger partial charge in [-0.15, -0.1) is 0 Å². The van der Waals surface area contributed by atoms with E-state index in [4.69, 9.17) is 10.5 Å². The van der Waals surface area contributed by atoms with Crippen LogP contribution < -0.4 is 10.5 Å². The molecular weight excluding hydrogens is 374 g/mol. The van der Waals surface area contributed by atoms with Crippen LogP contribution in [-0.2, 0) is 16.9 Å². The maximum Gasteiger partial charge on any atom is 0.185 e. The van der Waals surface area contributed by atoms with Crippen molar-refractivity contribution < 1.29 is 14.6 Å². The van der Waals surface area contributed by atoms with Gasteiger partial charge in [-0.2, -0.15) is 0 Å². The molecule has 0 aromatic heterocycles. The Bertz CT molecular complexity index is 989. The molecule has 3 atom stereocenters. The molecule has 3 aromatic carbocycles. The summed E-state index contributed by atoms with van der Waals surface area (Å²) in [4.78, 5) is 13.2. The average molecular weight is 402 g/mol. The average Bonchev–Trinajstić information content (AvgIpc) is 2.90. The van der Waals surface area contributed by atoms with Crippen molar-refractivity contribution in [1.29, 1.82) is 0 Å². The monoisotopic (exact) mass is 401 g/mol. The number of fused-ring (bicyclic) bond motifs is 1. The molecule has 4 nitrogen and oxygen atoms in total. The van der Waals surface area contributed by atoms with E-state index in [1.165, 1.54) is 5.56 Å². The van der Waals surface area contributed by atoms with Crippen molar-refractivity contribution in [2.75, 3.05) is 0 Å². The zero-order valence-electron chi connectivity index (χ0n) is 16.9. The Kier molecular flexibility index (Phi) is 5.98. The van der Waals surface area contributed by atoms with Crippen LogP contribution in [0.2, 0.25) is 0 Å². The van der Waals surface area contributed by atoms with E-state index >= 15 is 0 Å². The van der Waals surface area contributed by atoms with Gasteiger partial charge >= 0.3 is 0 Å². The van der Waals surface area contributed by atoms with E-state index in [-0.39, 0.29) is 12.2 Å². The van der Waals surface area contributed by atoms with Crippen LogP contribution in [0.1, 0.15) is 42.1 Å². The summed E-state index contributed by atoms with van der Waals surface area (Å²) in [6.45, 7) is 0. The van der Waals surface area contributed by atoms with Gasteiger partial charge in [0.15, 0.2) is 5.72 Å². The molecule has 1 aliphatic rings. The molecule has 4 rings (SSSR count). The quantitative estimate of drug-likeness (QED) is 0.637. The topological polar surface area (TPSA) is 72.6 Å². The minimum absolute atomic E-state index is 0.0180. The molecule has 0 saturated carbocycles. The third-order valence-corrected chi connectivity index (χ3v) is 5.84. The van der Waals surface area contributed by atoms with E-state index < -0.39 is 17.7 Å². The SMILES string of the molecule is NC1(c2ccccc2)CC(C(=O)CCCc2ccccc2)C(O)c2ccccc2O1. The number of Topliss-reactive ketones (excluding diaryl/α,β-unsaturated/α-hetero) is 1. The van der Waals surface area contributed by atoms with Crippen molar-refractivity contribution in [3.8, 4) is 5.75 Å². The number of para-hydroxylation sites is 1. The molecule has 0 radical (unpaired) electrons. The second-order valence-corrected chi connectivity index (χ2v) is 7.96. The molecule has 0 amide bonds. The fraction of sp³-hybridized carbons (Fsp3) is 0.269. The summed E-state index contributed by atoms with van der Waals surface area (Å²) in [6, 6.07) is 26.9. The molecule has 0 spiro atoms. The fourth-order valence-corrected chi connectivity index (χ4v) is 4.19. The summed E-state index contributed by atoms with van der Waals surface area (Å²) in [7, 11) is 0. The van der Waals surface area contributed by atoms with Crippen LogP contribution in [0.15, 0.2) is 84.9 Å². The number of aliphatic hydroxyl groups excluding tert-OH is 1. The second-order valence-electron chi connectivity index (χ2n) is 7.96. The van der Waals surface area contributed by atoms with E-state index in [0.717, 1.165) is 18.4 Å². The van der Waals surface area contributed by atoms with Gasteiger partial charge in [0, 0.05) is 24.0 Å². The van der Waals surface area contributed by atoms with Crippen LogP contribution in [0.3, 0.4) is 0 Å². The van der Waals surface area contributed by atoms with Gasteiger partial charge in [-0.1, -0.05) is 78.9 Å². The summed E-state index contributed by atoms with van der Waals surface area (Å²) in [6.07, 6.45) is 1.23. The highest BCUT2D eigenvalue weighted by molar-refractivity contribution is 5.82. The van der Waals surface area contributed by atoms with Crippen LogP contribution in [0.5, 0.6) is 5.75 Å². The van der Waals surface area contributed by atoms with Crippen LogP contribution in [0.4, 0.5) is 0 Å². The van der Waals surface area contributed by atoms with Gasteiger partial charge in [0.1, 0.15) is 11.5 Å². The molecule has 30 heavy (non-hydrogen) atoms. The maximum absolute atomic E-state index is 13.2. The number of carbonyl (C=O) groups excluding carboxylic acids is 1. The third kappa shape index (κ3) is 4.30. The number of benzene rings is 3. The van der Waals surface area contributed by atoms with E-state index in [0.29, 0.717) is 17.7 Å². The van der Waals surface area contributed by atoms with Gasteiger partial charge in [-0.3, -0.25) is 10.5 Å². The molecule has 4 heteroatoms. The maximum atomic E-state index is 13.2. The Balaban J connectivity index is 1.58. The Morgan fingerprint density at radius 2 is 1.60 bits per heavy atom. The smallest absolute Gasteiger partial charge is 0.185 e. The number of ketones is 1. The van der Waals surface area contributed by atoms with E-state index in [1.54, 1.807) is 12.1 Å². The van der Waals surface area contributed by atoms with Crippen molar-refractivity contribution >= 4 is 5.78 Å². The zero-order valence-corrected chi connectivity index (χ0v) is 16.9. The molecule has 3 aromatic rings. The van der Waals surface area contributed by atoms with Crippen molar-refractivity contribution in [3.05, 3.63) is 102 Å². The molecule has 1 heterocycles. The molecular formula is C26H27NO3. The molecule has 0 fully saturated rings. The highest BCUT2D eigenvalue weighted by Crippen LogP contribution is 2.43. The largest absolute Gasteiger partial charge is 0.468 e. The van der Waals surface area contributed by atoms with Gasteiger partial charge in [-0.05, 0) is 24.5 Å². The predicted octanol–water partition coefficient (Wildman–Crippen LogP) is 4.52. The predicted molar refractivity (Wildman–Crippen MR) is 117 cm³/mol. The number of aryl methyl sites for hydroxylation is 1. The lowest BCUT2D eigenvalue weighted by atomic mass is 9.82. The molecule has 0 aliphatic carbocycles. The van der Waals surface area contributed by atoms with Crippen molar-refractivity contribution in [2.24, 2.45) is 11.7 Å². The second kappa shape index (κ2) is 8.82. The highest BCUT2D eigenvalue weighted by Gasteiger charge is 2.43. The Morgan fingerprint density at radius 1 is 0.967 bits per heavy atom. The number of rotatable bonds is 6. The van der Waals surface area contributed by atoms with Gasteiger partial charge in [0.25, 0.3) is 0 Å². The van der Waals surface area contributed by atoms with E-state index in [2.05, 4.69) is 12.1 Å². The van der Waals surface area contributed by atoms with E-state index in [9.17, 15) is 9.90 Å². The lowest BCUT2D eigenvalue weighted by molar-refractivity contribution is -0.128. The Hall–Kier alpha value is -2.95. The first kappa shape index (κ1) is 20.3.